The number of imide groups is 1. The molecule has 8 heteroatoms. The van der Waals surface area contributed by atoms with Gasteiger partial charge in [0, 0.05) is 11.6 Å². The van der Waals surface area contributed by atoms with Crippen molar-refractivity contribution in [2.75, 3.05) is 0 Å². The average Bonchev–Trinajstić information content (AvgIpc) is 3.47. The van der Waals surface area contributed by atoms with Gasteiger partial charge in [0.05, 0.1) is 18.7 Å². The number of carbonyl (C=O) groups excluding carboxylic acids is 2. The predicted molar refractivity (Wildman–Crippen MR) is 106 cm³/mol. The monoisotopic (exact) mass is 406 g/mol. The van der Waals surface area contributed by atoms with Gasteiger partial charge in [-0.1, -0.05) is 48.3 Å². The van der Waals surface area contributed by atoms with Crippen molar-refractivity contribution in [1.82, 2.24) is 19.9 Å². The van der Waals surface area contributed by atoms with E-state index in [1.54, 1.807) is 23.3 Å². The lowest BCUT2D eigenvalue weighted by Crippen LogP contribution is -2.61. The second-order valence-corrected chi connectivity index (χ2v) is 7.75. The summed E-state index contributed by atoms with van der Waals surface area (Å²) in [6.07, 6.45) is 5.11. The van der Waals surface area contributed by atoms with E-state index in [4.69, 9.17) is 8.94 Å². The van der Waals surface area contributed by atoms with Crippen LogP contribution in [0, 0.1) is 5.92 Å². The lowest BCUT2D eigenvalue weighted by atomic mass is 9.81. The van der Waals surface area contributed by atoms with Gasteiger partial charge in [0.2, 0.25) is 17.6 Å². The van der Waals surface area contributed by atoms with Gasteiger partial charge in [-0.15, -0.1) is 0 Å². The Hall–Kier alpha value is -3.42. The van der Waals surface area contributed by atoms with Crippen molar-refractivity contribution in [3.8, 4) is 11.4 Å². The fourth-order valence-corrected chi connectivity index (χ4v) is 4.42. The Morgan fingerprint density at radius 2 is 1.83 bits per heavy atom. The zero-order valence-corrected chi connectivity index (χ0v) is 16.4. The second-order valence-electron chi connectivity index (χ2n) is 7.75. The molecule has 2 aromatic heterocycles. The SMILES string of the molecule is O=C1C2CCCCC2N(Cc2nc(-c3ccccc3)no2)C(=O)N1Cc1ccco1. The van der Waals surface area contributed by atoms with Crippen LogP contribution in [0.25, 0.3) is 11.4 Å². The number of benzene rings is 1. The lowest BCUT2D eigenvalue weighted by molar-refractivity contribution is -0.141. The first-order valence-electron chi connectivity index (χ1n) is 10.2. The zero-order chi connectivity index (χ0) is 20.5. The van der Waals surface area contributed by atoms with E-state index in [1.807, 2.05) is 30.3 Å². The van der Waals surface area contributed by atoms with Crippen LogP contribution >= 0.6 is 0 Å². The van der Waals surface area contributed by atoms with Crippen molar-refractivity contribution in [3.05, 3.63) is 60.4 Å². The highest BCUT2D eigenvalue weighted by Crippen LogP contribution is 2.36. The van der Waals surface area contributed by atoms with Crippen LogP contribution in [-0.4, -0.2) is 37.9 Å². The highest BCUT2D eigenvalue weighted by atomic mass is 16.5. The number of rotatable bonds is 5. The summed E-state index contributed by atoms with van der Waals surface area (Å²) in [6.45, 7) is 0.311. The van der Waals surface area contributed by atoms with Gasteiger partial charge in [0.15, 0.2) is 0 Å². The summed E-state index contributed by atoms with van der Waals surface area (Å²) in [5.74, 6) is 1.10. The number of fused-ring (bicyclic) bond motifs is 1. The van der Waals surface area contributed by atoms with Gasteiger partial charge in [-0.3, -0.25) is 9.69 Å². The second kappa shape index (κ2) is 7.78. The van der Waals surface area contributed by atoms with Crippen LogP contribution in [-0.2, 0) is 17.9 Å². The minimum Gasteiger partial charge on any atom is -0.467 e. The quantitative estimate of drug-likeness (QED) is 0.639. The number of amides is 3. The van der Waals surface area contributed by atoms with Crippen molar-refractivity contribution >= 4 is 11.9 Å². The molecular formula is C22H22N4O4. The summed E-state index contributed by atoms with van der Waals surface area (Å²) in [6, 6.07) is 12.6. The predicted octanol–water partition coefficient (Wildman–Crippen LogP) is 3.85. The molecule has 0 spiro atoms. The van der Waals surface area contributed by atoms with Gasteiger partial charge >= 0.3 is 6.03 Å². The summed E-state index contributed by atoms with van der Waals surface area (Å²) < 4.78 is 10.8. The van der Waals surface area contributed by atoms with Gasteiger partial charge in [-0.05, 0) is 25.0 Å². The average molecular weight is 406 g/mol. The fourth-order valence-electron chi connectivity index (χ4n) is 4.42. The number of urea groups is 1. The van der Waals surface area contributed by atoms with Gasteiger partial charge in [0.1, 0.15) is 12.3 Å². The van der Waals surface area contributed by atoms with Crippen molar-refractivity contribution < 1.29 is 18.5 Å². The molecule has 154 valence electrons. The van der Waals surface area contributed by atoms with E-state index in [2.05, 4.69) is 10.1 Å². The van der Waals surface area contributed by atoms with Crippen molar-refractivity contribution in [1.29, 1.82) is 0 Å². The fraction of sp³-hybridized carbons (Fsp3) is 0.364. The molecule has 1 aromatic carbocycles. The van der Waals surface area contributed by atoms with Crippen LogP contribution in [0.5, 0.6) is 0 Å². The first-order valence-corrected chi connectivity index (χ1v) is 10.2. The first-order chi connectivity index (χ1) is 14.7. The van der Waals surface area contributed by atoms with E-state index >= 15 is 0 Å². The molecule has 2 aliphatic rings. The standard InChI is InChI=1S/C22H22N4O4/c27-21-17-10-4-5-11-18(17)25(22(28)26(21)13-16-9-6-12-29-16)14-19-23-20(24-30-19)15-7-2-1-3-8-15/h1-3,6-9,12,17-18H,4-5,10-11,13-14H2. The zero-order valence-electron chi connectivity index (χ0n) is 16.4. The Balaban J connectivity index is 1.41. The lowest BCUT2D eigenvalue weighted by Gasteiger charge is -2.46. The van der Waals surface area contributed by atoms with E-state index in [-0.39, 0.29) is 37.0 Å². The van der Waals surface area contributed by atoms with Crippen LogP contribution in [0.15, 0.2) is 57.7 Å². The Bertz CT molecular complexity index is 1030. The number of hydrogen-bond acceptors (Lipinski definition) is 6. The van der Waals surface area contributed by atoms with Crippen molar-refractivity contribution in [3.63, 3.8) is 0 Å². The number of hydrogen-bond donors (Lipinski definition) is 0. The Labute approximate surface area is 173 Å². The highest BCUT2D eigenvalue weighted by Gasteiger charge is 2.47. The Kier molecular flexibility index (Phi) is 4.82. The maximum atomic E-state index is 13.3. The summed E-state index contributed by atoms with van der Waals surface area (Å²) in [5.41, 5.74) is 0.850. The molecule has 2 unspecified atom stereocenters. The Morgan fingerprint density at radius 3 is 2.63 bits per heavy atom. The van der Waals surface area contributed by atoms with E-state index < -0.39 is 0 Å². The summed E-state index contributed by atoms with van der Waals surface area (Å²) in [4.78, 5) is 33.8. The molecule has 3 aromatic rings. The van der Waals surface area contributed by atoms with Crippen LogP contribution in [0.1, 0.15) is 37.3 Å². The molecule has 1 saturated heterocycles. The van der Waals surface area contributed by atoms with E-state index in [0.717, 1.165) is 31.2 Å². The van der Waals surface area contributed by atoms with Crippen LogP contribution < -0.4 is 0 Å². The minimum absolute atomic E-state index is 0.118. The van der Waals surface area contributed by atoms with Gasteiger partial charge < -0.3 is 13.8 Å². The summed E-state index contributed by atoms with van der Waals surface area (Å²) in [5, 5.41) is 4.06. The van der Waals surface area contributed by atoms with Gasteiger partial charge in [0.25, 0.3) is 0 Å². The summed E-state index contributed by atoms with van der Waals surface area (Å²) in [7, 11) is 0. The topological polar surface area (TPSA) is 92.7 Å². The highest BCUT2D eigenvalue weighted by molar-refractivity contribution is 5.98. The van der Waals surface area contributed by atoms with Gasteiger partial charge in [-0.25, -0.2) is 4.79 Å². The number of carbonyl (C=O) groups is 2. The number of aromatic nitrogens is 2. The Morgan fingerprint density at radius 1 is 1.00 bits per heavy atom. The smallest absolute Gasteiger partial charge is 0.327 e. The molecule has 1 aliphatic carbocycles. The molecule has 1 aliphatic heterocycles. The van der Waals surface area contributed by atoms with Crippen molar-refractivity contribution in [2.24, 2.45) is 5.92 Å². The molecule has 2 fully saturated rings. The van der Waals surface area contributed by atoms with E-state index in [1.165, 1.54) is 4.90 Å². The third-order valence-electron chi connectivity index (χ3n) is 5.89. The third kappa shape index (κ3) is 3.38. The number of nitrogens with zero attached hydrogens (tertiary/aromatic N) is 4. The molecule has 5 rings (SSSR count). The molecule has 30 heavy (non-hydrogen) atoms. The molecule has 1 saturated carbocycles. The first kappa shape index (κ1) is 18.6. The molecule has 0 bridgehead atoms. The molecule has 0 N–H and O–H groups in total. The maximum Gasteiger partial charge on any atom is 0.327 e. The normalized spacial score (nSPS) is 21.7. The molecule has 3 amide bonds. The number of furan rings is 1. The molecule has 3 heterocycles. The molecule has 2 atom stereocenters. The van der Waals surface area contributed by atoms with E-state index in [9.17, 15) is 9.59 Å². The van der Waals surface area contributed by atoms with Crippen LogP contribution in [0.4, 0.5) is 4.79 Å². The van der Waals surface area contributed by atoms with Crippen LogP contribution in [0.2, 0.25) is 0 Å². The molecular weight excluding hydrogens is 384 g/mol. The van der Waals surface area contributed by atoms with Gasteiger partial charge in [-0.2, -0.15) is 4.98 Å². The molecule has 0 radical (unpaired) electrons. The molecule has 8 nitrogen and oxygen atoms in total. The van der Waals surface area contributed by atoms with Crippen molar-refractivity contribution in [2.45, 2.75) is 44.8 Å². The maximum absolute atomic E-state index is 13.3. The summed E-state index contributed by atoms with van der Waals surface area (Å²) >= 11 is 0. The van der Waals surface area contributed by atoms with Crippen LogP contribution in [0.3, 0.4) is 0 Å². The third-order valence-corrected chi connectivity index (χ3v) is 5.89. The minimum atomic E-state index is -0.334. The largest absolute Gasteiger partial charge is 0.467 e. The van der Waals surface area contributed by atoms with E-state index in [0.29, 0.717) is 17.5 Å².